The Morgan fingerprint density at radius 3 is 2.96 bits per heavy atom. The maximum Gasteiger partial charge on any atom is 0.264 e. The fourth-order valence-electron chi connectivity index (χ4n) is 2.88. The molecule has 1 aromatic carbocycles. The molecular weight excluding hydrogens is 365 g/mol. The monoisotopic (exact) mass is 378 g/mol. The molecule has 2 aromatic heterocycles. The van der Waals surface area contributed by atoms with Crippen LogP contribution in [0.25, 0.3) is 10.2 Å². The third kappa shape index (κ3) is 2.98. The lowest BCUT2D eigenvalue weighted by molar-refractivity contribution is -0.126. The van der Waals surface area contributed by atoms with Gasteiger partial charge < -0.3 is 10.2 Å². The number of nitrogens with one attached hydrogen (secondary N) is 1. The number of thiazole rings is 1. The van der Waals surface area contributed by atoms with E-state index in [9.17, 15) is 13.6 Å². The van der Waals surface area contributed by atoms with Crippen LogP contribution in [0.15, 0.2) is 36.7 Å². The lowest BCUT2D eigenvalue weighted by atomic mass is 10.0. The van der Waals surface area contributed by atoms with Crippen LogP contribution in [0.4, 0.5) is 24.0 Å². The first-order chi connectivity index (χ1) is 12.4. The van der Waals surface area contributed by atoms with Crippen LogP contribution < -0.4 is 10.2 Å². The fraction of sp³-hybridized carbons (Fsp3) is 0.235. The Morgan fingerprint density at radius 2 is 2.19 bits per heavy atom. The lowest BCUT2D eigenvalue weighted by Crippen LogP contribution is -2.41. The van der Waals surface area contributed by atoms with E-state index in [1.807, 2.05) is 0 Å². The maximum atomic E-state index is 15.1. The number of hydrogen-bond acceptors (Lipinski definition) is 5. The second-order valence-corrected chi connectivity index (χ2v) is 7.07. The molecule has 1 fully saturated rings. The van der Waals surface area contributed by atoms with Crippen LogP contribution in [0.5, 0.6) is 0 Å². The molecule has 1 amide bonds. The normalized spacial score (nSPS) is 19.9. The van der Waals surface area contributed by atoms with Crippen molar-refractivity contribution in [3.05, 3.63) is 48.3 Å². The molecular formula is C17H13F3N4OS. The number of carbonyl (C=O) groups excluding carboxylic acids is 1. The number of carbonyl (C=O) groups is 1. The molecule has 1 saturated heterocycles. The average Bonchev–Trinajstić information content (AvgIpc) is 3.20. The van der Waals surface area contributed by atoms with Crippen LogP contribution in [-0.2, 0) is 4.79 Å². The number of nitrogens with zero attached hydrogens (tertiary/aromatic N) is 3. The summed E-state index contributed by atoms with van der Waals surface area (Å²) in [5.41, 5.74) is -1.65. The van der Waals surface area contributed by atoms with Crippen LogP contribution in [0.1, 0.15) is 6.42 Å². The summed E-state index contributed by atoms with van der Waals surface area (Å²) in [6, 6.07) is 5.20. The van der Waals surface area contributed by atoms with E-state index in [4.69, 9.17) is 0 Å². The minimum absolute atomic E-state index is 0.0220. The summed E-state index contributed by atoms with van der Waals surface area (Å²) in [6.07, 6.45) is 2.96. The van der Waals surface area contributed by atoms with Gasteiger partial charge in [0.05, 0.1) is 23.1 Å². The number of anilines is 2. The summed E-state index contributed by atoms with van der Waals surface area (Å²) in [7, 11) is 0. The van der Waals surface area contributed by atoms with Crippen molar-refractivity contribution in [2.24, 2.45) is 0 Å². The number of amides is 1. The fourth-order valence-corrected chi connectivity index (χ4v) is 3.91. The van der Waals surface area contributed by atoms with Crippen molar-refractivity contribution in [1.29, 1.82) is 0 Å². The largest absolute Gasteiger partial charge is 0.344 e. The number of pyridine rings is 1. The smallest absolute Gasteiger partial charge is 0.264 e. The van der Waals surface area contributed by atoms with Gasteiger partial charge in [-0.25, -0.2) is 18.2 Å². The summed E-state index contributed by atoms with van der Waals surface area (Å²) in [5.74, 6) is -2.21. The van der Waals surface area contributed by atoms with E-state index in [0.717, 1.165) is 17.4 Å². The van der Waals surface area contributed by atoms with Gasteiger partial charge in [0.15, 0.2) is 10.9 Å². The van der Waals surface area contributed by atoms with Crippen molar-refractivity contribution in [2.75, 3.05) is 23.3 Å². The third-order valence-electron chi connectivity index (χ3n) is 4.22. The zero-order valence-electron chi connectivity index (χ0n) is 13.4. The van der Waals surface area contributed by atoms with Gasteiger partial charge in [-0.15, -0.1) is 0 Å². The second-order valence-electron chi connectivity index (χ2n) is 6.06. The number of rotatable bonds is 3. The van der Waals surface area contributed by atoms with Crippen molar-refractivity contribution in [2.45, 2.75) is 12.1 Å². The Morgan fingerprint density at radius 1 is 1.35 bits per heavy atom. The highest BCUT2D eigenvalue weighted by Gasteiger charge is 2.46. The molecule has 0 saturated carbocycles. The van der Waals surface area contributed by atoms with Crippen LogP contribution in [-0.4, -0.2) is 34.6 Å². The van der Waals surface area contributed by atoms with Gasteiger partial charge in [0.25, 0.3) is 5.91 Å². The second kappa shape index (κ2) is 6.24. The van der Waals surface area contributed by atoms with Crippen LogP contribution in [0.2, 0.25) is 0 Å². The first-order valence-corrected chi connectivity index (χ1v) is 8.67. The number of halogens is 3. The highest BCUT2D eigenvalue weighted by Crippen LogP contribution is 2.36. The van der Waals surface area contributed by atoms with Gasteiger partial charge in [-0.05, 0) is 18.2 Å². The number of hydrogen-bond donors (Lipinski definition) is 1. The molecule has 3 aromatic rings. The molecule has 134 valence electrons. The Bertz CT molecular complexity index is 981. The topological polar surface area (TPSA) is 58.1 Å². The minimum Gasteiger partial charge on any atom is -0.344 e. The highest BCUT2D eigenvalue weighted by atomic mass is 32.1. The van der Waals surface area contributed by atoms with Crippen LogP contribution >= 0.6 is 11.3 Å². The molecule has 1 N–H and O–H groups in total. The number of benzene rings is 1. The Labute approximate surface area is 150 Å². The van der Waals surface area contributed by atoms with Gasteiger partial charge in [0.1, 0.15) is 11.3 Å². The predicted octanol–water partition coefficient (Wildman–Crippen LogP) is 3.53. The SMILES string of the molecule is O=C(Nc1cccnc1)C1(F)CCN(c2nc3c(F)cc(F)cc3s2)C1. The molecule has 1 unspecified atom stereocenters. The molecule has 0 bridgehead atoms. The van der Waals surface area contributed by atoms with E-state index in [1.54, 1.807) is 23.2 Å². The highest BCUT2D eigenvalue weighted by molar-refractivity contribution is 7.22. The van der Waals surface area contributed by atoms with Crippen molar-refractivity contribution in [1.82, 2.24) is 9.97 Å². The van der Waals surface area contributed by atoms with E-state index in [-0.39, 0.29) is 25.0 Å². The molecule has 0 aliphatic carbocycles. The first kappa shape index (κ1) is 16.8. The summed E-state index contributed by atoms with van der Waals surface area (Å²) in [5, 5.41) is 2.87. The van der Waals surface area contributed by atoms with Gasteiger partial charge in [0, 0.05) is 25.2 Å². The maximum absolute atomic E-state index is 15.1. The molecule has 26 heavy (non-hydrogen) atoms. The molecule has 4 rings (SSSR count). The van der Waals surface area contributed by atoms with Crippen molar-refractivity contribution >= 4 is 38.3 Å². The average molecular weight is 378 g/mol. The van der Waals surface area contributed by atoms with E-state index in [2.05, 4.69) is 15.3 Å². The van der Waals surface area contributed by atoms with Gasteiger partial charge in [0.2, 0.25) is 5.67 Å². The molecule has 1 aliphatic rings. The quantitative estimate of drug-likeness (QED) is 0.758. The van der Waals surface area contributed by atoms with E-state index < -0.39 is 23.2 Å². The molecule has 3 heterocycles. The van der Waals surface area contributed by atoms with Gasteiger partial charge >= 0.3 is 0 Å². The summed E-state index contributed by atoms with van der Waals surface area (Å²) < 4.78 is 42.6. The van der Waals surface area contributed by atoms with E-state index in [1.165, 1.54) is 12.3 Å². The Kier molecular flexibility index (Phi) is 4.03. The molecule has 0 radical (unpaired) electrons. The van der Waals surface area contributed by atoms with Crippen LogP contribution in [0, 0.1) is 11.6 Å². The number of alkyl halides is 1. The standard InChI is InChI=1S/C17H13F3N4OS/c18-10-6-12(19)14-13(7-10)26-16(23-14)24-5-3-17(20,9-24)15(25)22-11-2-1-4-21-8-11/h1-2,4,6-8H,3,5,9H2,(H,22,25). The summed E-state index contributed by atoms with van der Waals surface area (Å²) in [6.45, 7) is 0.0455. The van der Waals surface area contributed by atoms with E-state index in [0.29, 0.717) is 15.5 Å². The molecule has 5 nitrogen and oxygen atoms in total. The lowest BCUT2D eigenvalue weighted by Gasteiger charge is -2.19. The summed E-state index contributed by atoms with van der Waals surface area (Å²) in [4.78, 5) is 21.9. The van der Waals surface area contributed by atoms with E-state index >= 15 is 4.39 Å². The zero-order valence-corrected chi connectivity index (χ0v) is 14.2. The Hall–Kier alpha value is -2.68. The molecule has 1 aliphatic heterocycles. The molecule has 0 spiro atoms. The van der Waals surface area contributed by atoms with Crippen molar-refractivity contribution < 1.29 is 18.0 Å². The zero-order chi connectivity index (χ0) is 18.3. The van der Waals surface area contributed by atoms with Gasteiger partial charge in [-0.2, -0.15) is 0 Å². The Balaban J connectivity index is 1.54. The number of aromatic nitrogens is 2. The minimum atomic E-state index is -2.10. The van der Waals surface area contributed by atoms with Crippen molar-refractivity contribution in [3.63, 3.8) is 0 Å². The van der Waals surface area contributed by atoms with Gasteiger partial charge in [-0.3, -0.25) is 9.78 Å². The molecule has 9 heteroatoms. The van der Waals surface area contributed by atoms with Gasteiger partial charge in [-0.1, -0.05) is 11.3 Å². The van der Waals surface area contributed by atoms with Crippen molar-refractivity contribution in [3.8, 4) is 0 Å². The third-order valence-corrected chi connectivity index (χ3v) is 5.28. The first-order valence-electron chi connectivity index (χ1n) is 7.85. The summed E-state index contributed by atoms with van der Waals surface area (Å²) >= 11 is 1.07. The molecule has 1 atom stereocenters. The van der Waals surface area contributed by atoms with Crippen LogP contribution in [0.3, 0.4) is 0 Å². The predicted molar refractivity (Wildman–Crippen MR) is 93.1 cm³/mol. The number of fused-ring (bicyclic) bond motifs is 1.